The molecule has 0 unspecified atom stereocenters. The van der Waals surface area contributed by atoms with Gasteiger partial charge in [0.05, 0.1) is 6.42 Å². The largest absolute Gasteiger partial charge is 0.459 e. The summed E-state index contributed by atoms with van der Waals surface area (Å²) in [4.78, 5) is 24.0. The summed E-state index contributed by atoms with van der Waals surface area (Å²) < 4.78 is 11.0. The molecule has 2 rings (SSSR count). The Morgan fingerprint density at radius 3 is 1.81 bits per heavy atom. The highest BCUT2D eigenvalue weighted by atomic mass is 16.6. The second-order valence-electron chi connectivity index (χ2n) is 6.96. The zero-order valence-electron chi connectivity index (χ0n) is 13.2. The molecule has 0 amide bonds. The molecule has 2 aliphatic carbocycles. The SMILES string of the molecule is C=C(CC(=O)OC1(C)CCCC1)C(=O)OC1(C)CCCC1. The molecule has 0 aromatic carbocycles. The summed E-state index contributed by atoms with van der Waals surface area (Å²) in [6, 6.07) is 0. The van der Waals surface area contributed by atoms with Crippen LogP contribution in [0, 0.1) is 0 Å². The van der Waals surface area contributed by atoms with Gasteiger partial charge in [0.15, 0.2) is 0 Å². The Kier molecular flexibility index (Phi) is 4.74. The minimum Gasteiger partial charge on any atom is -0.459 e. The van der Waals surface area contributed by atoms with Gasteiger partial charge in [0, 0.05) is 5.57 Å². The first-order valence-electron chi connectivity index (χ1n) is 7.95. The smallest absolute Gasteiger partial charge is 0.334 e. The molecule has 4 heteroatoms. The molecule has 2 saturated carbocycles. The van der Waals surface area contributed by atoms with E-state index in [-0.39, 0.29) is 29.2 Å². The maximum atomic E-state index is 12.0. The molecule has 0 aliphatic heterocycles. The standard InChI is InChI=1S/C17H26O4/c1-13(15(19)21-17(3)10-6-7-11-17)12-14(18)20-16(2)8-4-5-9-16/h1,4-12H2,2-3H3. The Hall–Kier alpha value is -1.32. The molecule has 2 fully saturated rings. The van der Waals surface area contributed by atoms with Crippen molar-refractivity contribution in [1.82, 2.24) is 0 Å². The summed E-state index contributed by atoms with van der Waals surface area (Å²) in [6.45, 7) is 7.59. The van der Waals surface area contributed by atoms with Crippen molar-refractivity contribution in [3.05, 3.63) is 12.2 Å². The first-order valence-corrected chi connectivity index (χ1v) is 7.95. The molecule has 2 aliphatic rings. The van der Waals surface area contributed by atoms with Gasteiger partial charge < -0.3 is 9.47 Å². The molecule has 0 atom stereocenters. The highest BCUT2D eigenvalue weighted by Gasteiger charge is 2.35. The van der Waals surface area contributed by atoms with E-state index < -0.39 is 5.97 Å². The van der Waals surface area contributed by atoms with Gasteiger partial charge in [-0.15, -0.1) is 0 Å². The van der Waals surface area contributed by atoms with Crippen molar-refractivity contribution in [2.75, 3.05) is 0 Å². The molecular formula is C17H26O4. The van der Waals surface area contributed by atoms with E-state index in [4.69, 9.17) is 9.47 Å². The van der Waals surface area contributed by atoms with E-state index >= 15 is 0 Å². The Bertz CT molecular complexity index is 426. The Labute approximate surface area is 126 Å². The molecule has 0 saturated heterocycles. The molecule has 0 aromatic rings. The number of hydrogen-bond acceptors (Lipinski definition) is 4. The third-order valence-electron chi connectivity index (χ3n) is 4.67. The molecule has 4 nitrogen and oxygen atoms in total. The summed E-state index contributed by atoms with van der Waals surface area (Å²) in [5.74, 6) is -0.842. The molecular weight excluding hydrogens is 268 g/mol. The lowest BCUT2D eigenvalue weighted by molar-refractivity contribution is -0.160. The van der Waals surface area contributed by atoms with Crippen molar-refractivity contribution in [1.29, 1.82) is 0 Å². The summed E-state index contributed by atoms with van der Waals surface area (Å²) in [7, 11) is 0. The van der Waals surface area contributed by atoms with Gasteiger partial charge in [-0.25, -0.2) is 4.79 Å². The predicted octanol–water partition coefficient (Wildman–Crippen LogP) is 3.68. The van der Waals surface area contributed by atoms with Crippen molar-refractivity contribution in [2.45, 2.75) is 82.8 Å². The number of rotatable bonds is 5. The average Bonchev–Trinajstić information content (AvgIpc) is 2.98. The summed E-state index contributed by atoms with van der Waals surface area (Å²) in [5.41, 5.74) is -0.560. The molecule has 21 heavy (non-hydrogen) atoms. The van der Waals surface area contributed by atoms with Crippen LogP contribution in [0.5, 0.6) is 0 Å². The van der Waals surface area contributed by atoms with E-state index in [2.05, 4.69) is 6.58 Å². The van der Waals surface area contributed by atoms with Crippen LogP contribution in [0.1, 0.15) is 71.6 Å². The minimum absolute atomic E-state index is 0.0789. The fraction of sp³-hybridized carbons (Fsp3) is 0.765. The van der Waals surface area contributed by atoms with Crippen LogP contribution in [0.15, 0.2) is 12.2 Å². The Balaban J connectivity index is 1.80. The molecule has 0 heterocycles. The lowest BCUT2D eigenvalue weighted by Crippen LogP contribution is -2.31. The van der Waals surface area contributed by atoms with Crippen LogP contribution in [-0.4, -0.2) is 23.1 Å². The first kappa shape index (κ1) is 16.1. The van der Waals surface area contributed by atoms with Gasteiger partial charge >= 0.3 is 11.9 Å². The van der Waals surface area contributed by atoms with Crippen molar-refractivity contribution < 1.29 is 19.1 Å². The molecule has 0 N–H and O–H groups in total. The topological polar surface area (TPSA) is 52.6 Å². The van der Waals surface area contributed by atoms with E-state index in [1.54, 1.807) is 0 Å². The second kappa shape index (κ2) is 6.20. The predicted molar refractivity (Wildman–Crippen MR) is 79.7 cm³/mol. The van der Waals surface area contributed by atoms with Gasteiger partial charge in [0.2, 0.25) is 0 Å². The van der Waals surface area contributed by atoms with Gasteiger partial charge in [-0.3, -0.25) is 4.79 Å². The van der Waals surface area contributed by atoms with E-state index in [1.165, 1.54) is 0 Å². The Morgan fingerprint density at radius 1 is 0.905 bits per heavy atom. The highest BCUT2D eigenvalue weighted by Crippen LogP contribution is 2.34. The van der Waals surface area contributed by atoms with Crippen LogP contribution >= 0.6 is 0 Å². The Morgan fingerprint density at radius 2 is 1.33 bits per heavy atom. The average molecular weight is 294 g/mol. The van der Waals surface area contributed by atoms with E-state index in [0.717, 1.165) is 51.4 Å². The lowest BCUT2D eigenvalue weighted by Gasteiger charge is -2.26. The fourth-order valence-corrected chi connectivity index (χ4v) is 3.30. The van der Waals surface area contributed by atoms with Crippen LogP contribution < -0.4 is 0 Å². The first-order chi connectivity index (χ1) is 9.82. The molecule has 0 spiro atoms. The zero-order chi connectivity index (χ0) is 15.5. The molecule has 0 bridgehead atoms. The van der Waals surface area contributed by atoms with Gasteiger partial charge in [-0.2, -0.15) is 0 Å². The van der Waals surface area contributed by atoms with Crippen molar-refractivity contribution in [2.24, 2.45) is 0 Å². The third kappa shape index (κ3) is 4.32. The van der Waals surface area contributed by atoms with Crippen LogP contribution in [0.3, 0.4) is 0 Å². The molecule has 0 aromatic heterocycles. The third-order valence-corrected chi connectivity index (χ3v) is 4.67. The summed E-state index contributed by atoms with van der Waals surface area (Å²) in [5, 5.41) is 0. The quantitative estimate of drug-likeness (QED) is 0.573. The zero-order valence-corrected chi connectivity index (χ0v) is 13.2. The van der Waals surface area contributed by atoms with E-state index in [9.17, 15) is 9.59 Å². The summed E-state index contributed by atoms with van der Waals surface area (Å²) in [6.07, 6.45) is 7.82. The van der Waals surface area contributed by atoms with Gasteiger partial charge in [-0.1, -0.05) is 6.58 Å². The number of esters is 2. The van der Waals surface area contributed by atoms with Crippen LogP contribution in [0.25, 0.3) is 0 Å². The van der Waals surface area contributed by atoms with Crippen LogP contribution in [0.4, 0.5) is 0 Å². The monoisotopic (exact) mass is 294 g/mol. The second-order valence-corrected chi connectivity index (χ2v) is 6.96. The van der Waals surface area contributed by atoms with Crippen LogP contribution in [0.2, 0.25) is 0 Å². The van der Waals surface area contributed by atoms with Crippen molar-refractivity contribution in [3.63, 3.8) is 0 Å². The number of carbonyl (C=O) groups excluding carboxylic acids is 2. The summed E-state index contributed by atoms with van der Waals surface area (Å²) >= 11 is 0. The minimum atomic E-state index is -0.465. The van der Waals surface area contributed by atoms with Gasteiger partial charge in [-0.05, 0) is 65.2 Å². The fourth-order valence-electron chi connectivity index (χ4n) is 3.30. The van der Waals surface area contributed by atoms with E-state index in [1.807, 2.05) is 13.8 Å². The lowest BCUT2D eigenvalue weighted by atomic mass is 10.0. The number of carbonyl (C=O) groups is 2. The highest BCUT2D eigenvalue weighted by molar-refractivity contribution is 5.93. The van der Waals surface area contributed by atoms with Crippen LogP contribution in [-0.2, 0) is 19.1 Å². The van der Waals surface area contributed by atoms with E-state index in [0.29, 0.717) is 0 Å². The number of hydrogen-bond donors (Lipinski definition) is 0. The molecule has 0 radical (unpaired) electrons. The van der Waals surface area contributed by atoms with Gasteiger partial charge in [0.1, 0.15) is 11.2 Å². The number of ether oxygens (including phenoxy) is 2. The van der Waals surface area contributed by atoms with Gasteiger partial charge in [0.25, 0.3) is 0 Å². The van der Waals surface area contributed by atoms with Crippen molar-refractivity contribution in [3.8, 4) is 0 Å². The van der Waals surface area contributed by atoms with Crippen molar-refractivity contribution >= 4 is 11.9 Å². The maximum Gasteiger partial charge on any atom is 0.334 e. The normalized spacial score (nSPS) is 22.8. The molecule has 118 valence electrons. The maximum absolute atomic E-state index is 12.0.